The molecule has 0 amide bonds. The summed E-state index contributed by atoms with van der Waals surface area (Å²) in [5, 5.41) is 9.52. The van der Waals surface area contributed by atoms with Gasteiger partial charge in [0.05, 0.1) is 6.61 Å². The number of halogens is 1. The number of aliphatic hydroxyl groups excluding tert-OH is 1. The Kier molecular flexibility index (Phi) is 6.30. The first-order chi connectivity index (χ1) is 11.2. The molecule has 0 saturated carbocycles. The van der Waals surface area contributed by atoms with Gasteiger partial charge in [0, 0.05) is 29.5 Å². The molecule has 136 valence electrons. The molecule has 0 aromatic heterocycles. The van der Waals surface area contributed by atoms with E-state index in [1.807, 2.05) is 25.9 Å². The quantitative estimate of drug-likeness (QED) is 0.803. The zero-order valence-corrected chi connectivity index (χ0v) is 16.8. The predicted molar refractivity (Wildman–Crippen MR) is 96.7 cm³/mol. The first-order valence-electron chi connectivity index (χ1n) is 7.90. The molecule has 8 heteroatoms. The number of ether oxygens (including phenoxy) is 1. The molecular formula is C16H25BrN2O4S. The third-order valence-electron chi connectivity index (χ3n) is 4.17. The van der Waals surface area contributed by atoms with Gasteiger partial charge in [-0.05, 0) is 39.2 Å². The van der Waals surface area contributed by atoms with Crippen molar-refractivity contribution in [2.75, 3.05) is 33.8 Å². The van der Waals surface area contributed by atoms with Gasteiger partial charge in [0.2, 0.25) is 10.0 Å². The largest absolute Gasteiger partial charge is 0.487 e. The van der Waals surface area contributed by atoms with Crippen LogP contribution in [0.25, 0.3) is 0 Å². The highest BCUT2D eigenvalue weighted by Gasteiger charge is 2.37. The highest BCUT2D eigenvalue weighted by Crippen LogP contribution is 2.35. The molecule has 1 aromatic carbocycles. The van der Waals surface area contributed by atoms with Gasteiger partial charge in [-0.1, -0.05) is 22.9 Å². The fourth-order valence-electron chi connectivity index (χ4n) is 2.78. The summed E-state index contributed by atoms with van der Waals surface area (Å²) < 4.78 is 34.4. The Hall–Kier alpha value is -0.670. The maximum absolute atomic E-state index is 13.1. The zero-order chi connectivity index (χ0) is 18.1. The number of benzene rings is 1. The summed E-state index contributed by atoms with van der Waals surface area (Å²) >= 11 is 3.38. The molecule has 0 spiro atoms. The minimum absolute atomic E-state index is 0.0247. The zero-order valence-electron chi connectivity index (χ0n) is 14.4. The molecule has 1 aliphatic rings. The maximum Gasteiger partial charge on any atom is 0.247 e. The van der Waals surface area contributed by atoms with E-state index < -0.39 is 16.1 Å². The number of aliphatic hydroxyl groups is 1. The first kappa shape index (κ1) is 19.7. The summed E-state index contributed by atoms with van der Waals surface area (Å²) in [7, 11) is 0.178. The molecule has 1 N–H and O–H groups in total. The number of hydrogen-bond acceptors (Lipinski definition) is 5. The Balaban J connectivity index is 2.57. The molecule has 1 aromatic rings. The topological polar surface area (TPSA) is 70.1 Å². The molecule has 0 fully saturated rings. The highest BCUT2D eigenvalue weighted by molar-refractivity contribution is 9.10. The van der Waals surface area contributed by atoms with Crippen molar-refractivity contribution < 1.29 is 18.3 Å². The van der Waals surface area contributed by atoms with Crippen LogP contribution in [0.3, 0.4) is 0 Å². The molecule has 3 atom stereocenters. The van der Waals surface area contributed by atoms with E-state index in [0.29, 0.717) is 18.8 Å². The summed E-state index contributed by atoms with van der Waals surface area (Å²) in [5.41, 5.74) is 0. The van der Waals surface area contributed by atoms with Gasteiger partial charge < -0.3 is 14.7 Å². The van der Waals surface area contributed by atoms with Gasteiger partial charge in [-0.25, -0.2) is 8.42 Å². The summed E-state index contributed by atoms with van der Waals surface area (Å²) in [4.78, 5) is 2.16. The Morgan fingerprint density at radius 2 is 2.12 bits per heavy atom. The molecule has 0 radical (unpaired) electrons. The van der Waals surface area contributed by atoms with Crippen LogP contribution in [0.2, 0.25) is 0 Å². The second-order valence-corrected chi connectivity index (χ2v) is 9.37. The van der Waals surface area contributed by atoms with Crippen LogP contribution in [0.4, 0.5) is 0 Å². The van der Waals surface area contributed by atoms with Gasteiger partial charge in [-0.15, -0.1) is 0 Å². The Morgan fingerprint density at radius 3 is 2.71 bits per heavy atom. The average molecular weight is 421 g/mol. The molecule has 2 rings (SSSR count). The van der Waals surface area contributed by atoms with Crippen molar-refractivity contribution in [3.63, 3.8) is 0 Å². The number of hydrogen-bond donors (Lipinski definition) is 1. The molecule has 0 saturated heterocycles. The van der Waals surface area contributed by atoms with Gasteiger partial charge in [0.1, 0.15) is 16.7 Å². The highest BCUT2D eigenvalue weighted by atomic mass is 79.9. The molecule has 6 nitrogen and oxygen atoms in total. The van der Waals surface area contributed by atoms with E-state index in [1.54, 1.807) is 25.1 Å². The molecule has 24 heavy (non-hydrogen) atoms. The Bertz CT molecular complexity index is 681. The van der Waals surface area contributed by atoms with Gasteiger partial charge in [-0.2, -0.15) is 4.31 Å². The van der Waals surface area contributed by atoms with Crippen LogP contribution in [-0.4, -0.2) is 68.7 Å². The van der Waals surface area contributed by atoms with E-state index in [0.717, 1.165) is 4.47 Å². The fraction of sp³-hybridized carbons (Fsp3) is 0.625. The van der Waals surface area contributed by atoms with Crippen molar-refractivity contribution in [1.29, 1.82) is 0 Å². The van der Waals surface area contributed by atoms with Crippen molar-refractivity contribution in [2.45, 2.75) is 30.9 Å². The van der Waals surface area contributed by atoms with Gasteiger partial charge in [-0.3, -0.25) is 0 Å². The Labute approximate surface area is 152 Å². The molecule has 1 heterocycles. The van der Waals surface area contributed by atoms with Gasteiger partial charge >= 0.3 is 0 Å². The molecule has 0 unspecified atom stereocenters. The first-order valence-corrected chi connectivity index (χ1v) is 10.1. The summed E-state index contributed by atoms with van der Waals surface area (Å²) in [6.45, 7) is 4.44. The van der Waals surface area contributed by atoms with E-state index in [9.17, 15) is 13.5 Å². The second kappa shape index (κ2) is 7.70. The van der Waals surface area contributed by atoms with Crippen molar-refractivity contribution >= 4 is 26.0 Å². The number of likely N-dealkylation sites (N-methyl/N-ethyl adjacent to an activating group) is 1. The van der Waals surface area contributed by atoms with E-state index in [2.05, 4.69) is 15.9 Å². The van der Waals surface area contributed by atoms with E-state index in [-0.39, 0.29) is 23.5 Å². The molecular weight excluding hydrogens is 396 g/mol. The lowest BCUT2D eigenvalue weighted by Gasteiger charge is -2.37. The van der Waals surface area contributed by atoms with Crippen molar-refractivity contribution in [3.05, 3.63) is 22.7 Å². The summed E-state index contributed by atoms with van der Waals surface area (Å²) in [6, 6.07) is 4.43. The fourth-order valence-corrected chi connectivity index (χ4v) is 4.94. The van der Waals surface area contributed by atoms with E-state index in [4.69, 9.17) is 4.74 Å². The number of fused-ring (bicyclic) bond motifs is 1. The van der Waals surface area contributed by atoms with Crippen LogP contribution in [0.5, 0.6) is 5.75 Å². The lowest BCUT2D eigenvalue weighted by Crippen LogP contribution is -2.49. The SMILES string of the molecule is C[C@H]1CN([C@@H](C)CO)S(=O)(=O)c2ccc(Br)cc2O[C@H]1CN(C)C. The van der Waals surface area contributed by atoms with E-state index >= 15 is 0 Å². The number of nitrogens with zero attached hydrogens (tertiary/aromatic N) is 2. The predicted octanol–water partition coefficient (Wildman–Crippen LogP) is 1.78. The minimum Gasteiger partial charge on any atom is -0.487 e. The third kappa shape index (κ3) is 4.11. The number of rotatable bonds is 4. The van der Waals surface area contributed by atoms with Crippen molar-refractivity contribution in [3.8, 4) is 5.75 Å². The van der Waals surface area contributed by atoms with Crippen LogP contribution < -0.4 is 4.74 Å². The van der Waals surface area contributed by atoms with Crippen LogP contribution >= 0.6 is 15.9 Å². The third-order valence-corrected chi connectivity index (χ3v) is 6.69. The number of sulfonamides is 1. The van der Waals surface area contributed by atoms with Crippen LogP contribution in [0.1, 0.15) is 13.8 Å². The maximum atomic E-state index is 13.1. The standard InChI is InChI=1S/C16H25BrN2O4S/c1-11-8-19(12(2)10-20)24(21,22)16-6-5-13(17)7-14(16)23-15(11)9-18(3)4/h5-7,11-12,15,20H,8-10H2,1-4H3/t11-,12-,15-/m0/s1. The van der Waals surface area contributed by atoms with Gasteiger partial charge in [0.25, 0.3) is 0 Å². The lowest BCUT2D eigenvalue weighted by molar-refractivity contribution is 0.0812. The van der Waals surface area contributed by atoms with Crippen LogP contribution in [-0.2, 0) is 10.0 Å². The summed E-state index contributed by atoms with van der Waals surface area (Å²) in [6.07, 6.45) is -0.156. The van der Waals surface area contributed by atoms with Crippen LogP contribution in [0.15, 0.2) is 27.6 Å². The molecule has 1 aliphatic heterocycles. The second-order valence-electron chi connectivity index (χ2n) is 6.59. The van der Waals surface area contributed by atoms with Crippen molar-refractivity contribution in [1.82, 2.24) is 9.21 Å². The Morgan fingerprint density at radius 1 is 1.46 bits per heavy atom. The lowest BCUT2D eigenvalue weighted by atomic mass is 10.0. The minimum atomic E-state index is -3.74. The van der Waals surface area contributed by atoms with E-state index in [1.165, 1.54) is 4.31 Å². The average Bonchev–Trinajstić information content (AvgIpc) is 2.49. The molecule has 0 bridgehead atoms. The molecule has 0 aliphatic carbocycles. The van der Waals surface area contributed by atoms with Gasteiger partial charge in [0.15, 0.2) is 0 Å². The monoisotopic (exact) mass is 420 g/mol. The van der Waals surface area contributed by atoms with Crippen molar-refractivity contribution in [2.24, 2.45) is 5.92 Å². The normalized spacial score (nSPS) is 25.5. The smallest absolute Gasteiger partial charge is 0.247 e. The summed E-state index contributed by atoms with van der Waals surface area (Å²) in [5.74, 6) is 0.321. The van der Waals surface area contributed by atoms with Crippen LogP contribution in [0, 0.1) is 5.92 Å².